The van der Waals surface area contributed by atoms with Crippen LogP contribution in [0, 0.1) is 0 Å². The summed E-state index contributed by atoms with van der Waals surface area (Å²) in [6.45, 7) is 92.3. The van der Waals surface area contributed by atoms with Crippen LogP contribution in [0.4, 0.5) is 0 Å². The van der Waals surface area contributed by atoms with E-state index in [1.54, 1.807) is 0 Å². The van der Waals surface area contributed by atoms with Gasteiger partial charge in [0.25, 0.3) is 0 Å². The van der Waals surface area contributed by atoms with Gasteiger partial charge >= 0.3 is 0 Å². The normalized spacial score (nSPS) is 8.92. The van der Waals surface area contributed by atoms with E-state index in [1.165, 1.54) is 528 Å². The first-order valence-corrected chi connectivity index (χ1v) is 59.5. The van der Waals surface area contributed by atoms with Crippen LogP contribution in [-0.2, 0) is 4.79 Å². The van der Waals surface area contributed by atoms with Gasteiger partial charge in [-0.15, -0.1) is 0 Å². The molecule has 0 amide bonds. The molecule has 0 aliphatic heterocycles. The van der Waals surface area contributed by atoms with Crippen LogP contribution in [0.1, 0.15) is 804 Å². The molecule has 1 nitrogen and oxygen atoms in total. The average molecular weight is 1780 g/mol. The maximum atomic E-state index is 9.44. The number of rotatable bonds is 60. The summed E-state index contributed by atoms with van der Waals surface area (Å²) in [6, 6.07) is 0. The fourth-order valence-corrected chi connectivity index (χ4v) is 10.00. The van der Waals surface area contributed by atoms with Crippen molar-refractivity contribution in [2.45, 2.75) is 804 Å². The Morgan fingerprint density at radius 3 is 0.105 bits per heavy atom. The van der Waals surface area contributed by atoms with Crippen molar-refractivity contribution in [3.63, 3.8) is 0 Å². The Kier molecular flexibility index (Phi) is 378. The van der Waals surface area contributed by atoms with Crippen molar-refractivity contribution in [2.24, 2.45) is 0 Å². The van der Waals surface area contributed by atoms with E-state index in [0.717, 1.165) is 0 Å². The predicted molar refractivity (Wildman–Crippen MR) is 613 cm³/mol. The second-order valence-electron chi connectivity index (χ2n) is 35.1. The molecule has 0 unspecified atom stereocenters. The molecule has 0 heterocycles. The Morgan fingerprint density at radius 1 is 0.0806 bits per heavy atom. The predicted octanol–water partition coefficient (Wildman–Crippen LogP) is 52.3. The quantitative estimate of drug-likeness (QED) is 0.0555. The Bertz CT molecular complexity index is 680. The maximum absolute atomic E-state index is 9.44. The monoisotopic (exact) mass is 1780 g/mol. The van der Waals surface area contributed by atoms with Crippen LogP contribution in [0.5, 0.6) is 0 Å². The van der Waals surface area contributed by atoms with E-state index in [0.29, 0.717) is 0 Å². The average Bonchev–Trinajstić information content (AvgIpc) is 3.97. The molecular formula is C123H286O. The van der Waals surface area contributed by atoms with Gasteiger partial charge in [0.1, 0.15) is 5.78 Å². The van der Waals surface area contributed by atoms with Crippen LogP contribution >= 0.6 is 0 Å². The van der Waals surface area contributed by atoms with E-state index >= 15 is 0 Å². The van der Waals surface area contributed by atoms with Gasteiger partial charge in [0, 0.05) is 0 Å². The Hall–Kier alpha value is -0.330. The molecule has 0 aromatic carbocycles. The zero-order valence-electron chi connectivity index (χ0n) is 99.5. The summed E-state index contributed by atoms with van der Waals surface area (Å²) in [4.78, 5) is 9.44. The van der Waals surface area contributed by atoms with Gasteiger partial charge in [0.2, 0.25) is 0 Å². The fraction of sp³-hybridized carbons (Fsp3) is 0.992. The van der Waals surface area contributed by atoms with Gasteiger partial charge in [-0.3, -0.25) is 0 Å². The standard InChI is InChI=1S/20C6H14.C3H6O/c20*1-3-5-6-4-2;1-3(2)4/h20*3-6H2,1-2H3;1-2H3. The minimum absolute atomic E-state index is 0.167. The molecule has 0 N–H and O–H groups in total. The molecule has 0 atom stereocenters. The molecule has 0 radical (unpaired) electrons. The summed E-state index contributed by atoms with van der Waals surface area (Å²) in [5, 5.41) is 0. The van der Waals surface area contributed by atoms with Crippen molar-refractivity contribution in [3.8, 4) is 0 Å². The van der Waals surface area contributed by atoms with Gasteiger partial charge in [-0.05, 0) is 13.8 Å². The molecule has 0 rings (SSSR count). The van der Waals surface area contributed by atoms with Gasteiger partial charge < -0.3 is 4.79 Å². The lowest BCUT2D eigenvalue weighted by Gasteiger charge is -1.86. The van der Waals surface area contributed by atoms with E-state index in [2.05, 4.69) is 277 Å². The number of hydrogen-bond acceptors (Lipinski definition) is 1. The first-order valence-electron chi connectivity index (χ1n) is 59.5. The lowest BCUT2D eigenvalue weighted by atomic mass is 10.2. The van der Waals surface area contributed by atoms with E-state index < -0.39 is 0 Å². The third-order valence-electron chi connectivity index (χ3n) is 19.1. The Morgan fingerprint density at radius 2 is 0.0968 bits per heavy atom. The number of carbonyl (C=O) groups excluding carboxylic acids is 1. The lowest BCUT2D eigenvalue weighted by molar-refractivity contribution is -0.115. The van der Waals surface area contributed by atoms with E-state index in [4.69, 9.17) is 0 Å². The molecule has 784 valence electrons. The molecule has 124 heavy (non-hydrogen) atoms. The highest BCUT2D eigenvalue weighted by atomic mass is 16.1. The Labute approximate surface area is 810 Å². The molecule has 0 aromatic heterocycles. The van der Waals surface area contributed by atoms with Crippen LogP contribution in [-0.4, -0.2) is 5.78 Å². The zero-order valence-corrected chi connectivity index (χ0v) is 99.5. The molecule has 0 aliphatic carbocycles. The van der Waals surface area contributed by atoms with E-state index in [9.17, 15) is 4.79 Å². The van der Waals surface area contributed by atoms with Crippen molar-refractivity contribution in [1.82, 2.24) is 0 Å². The van der Waals surface area contributed by atoms with Crippen LogP contribution < -0.4 is 0 Å². The van der Waals surface area contributed by atoms with Gasteiger partial charge in [-0.25, -0.2) is 0 Å². The van der Waals surface area contributed by atoms with Crippen molar-refractivity contribution in [1.29, 1.82) is 0 Å². The second-order valence-corrected chi connectivity index (χ2v) is 35.1. The molecule has 0 saturated carbocycles. The molecule has 0 bridgehead atoms. The van der Waals surface area contributed by atoms with Gasteiger partial charge in [-0.2, -0.15) is 0 Å². The first kappa shape index (κ1) is 177. The highest BCUT2D eigenvalue weighted by Gasteiger charge is 1.86. The third-order valence-corrected chi connectivity index (χ3v) is 19.1. The van der Waals surface area contributed by atoms with Gasteiger partial charge in [0.15, 0.2) is 0 Å². The second kappa shape index (κ2) is 266. The van der Waals surface area contributed by atoms with Crippen LogP contribution in [0.25, 0.3) is 0 Å². The highest BCUT2D eigenvalue weighted by Crippen LogP contribution is 2.05. The number of carbonyl (C=O) groups is 1. The lowest BCUT2D eigenvalue weighted by Crippen LogP contribution is -1.69. The largest absolute Gasteiger partial charge is 0.300 e. The molecule has 1 heteroatoms. The highest BCUT2D eigenvalue weighted by molar-refractivity contribution is 5.72. The minimum atomic E-state index is 0.167. The van der Waals surface area contributed by atoms with Gasteiger partial charge in [-0.1, -0.05) is 791 Å². The minimum Gasteiger partial charge on any atom is -0.300 e. The fourth-order valence-electron chi connectivity index (χ4n) is 10.00. The molecule has 0 spiro atoms. The number of Topliss-reactive ketones (excluding diaryl/α,β-unsaturated/α-hetero) is 1. The van der Waals surface area contributed by atoms with E-state index in [-0.39, 0.29) is 5.78 Å². The van der Waals surface area contributed by atoms with Crippen molar-refractivity contribution in [3.05, 3.63) is 0 Å². The Balaban J connectivity index is -0.0000000473. The molecule has 0 saturated heterocycles. The van der Waals surface area contributed by atoms with Crippen LogP contribution in [0.15, 0.2) is 0 Å². The summed E-state index contributed by atoms with van der Waals surface area (Å²) in [7, 11) is 0. The van der Waals surface area contributed by atoms with Crippen molar-refractivity contribution in [2.75, 3.05) is 0 Å². The van der Waals surface area contributed by atoms with Crippen LogP contribution in [0.3, 0.4) is 0 Å². The molecule has 0 aliphatic rings. The third kappa shape index (κ3) is 498. The van der Waals surface area contributed by atoms with E-state index in [1.807, 2.05) is 0 Å². The number of ketones is 1. The summed E-state index contributed by atoms with van der Waals surface area (Å²) in [6.07, 6.45) is 111. The number of hydrogen-bond donors (Lipinski definition) is 0. The summed E-state index contributed by atoms with van der Waals surface area (Å²) in [5.41, 5.74) is 0. The smallest absolute Gasteiger partial charge is 0.126 e. The summed E-state index contributed by atoms with van der Waals surface area (Å²) < 4.78 is 0. The topological polar surface area (TPSA) is 17.1 Å². The zero-order chi connectivity index (χ0) is 100. The van der Waals surface area contributed by atoms with Crippen LogP contribution in [0.2, 0.25) is 0 Å². The summed E-state index contributed by atoms with van der Waals surface area (Å²) >= 11 is 0. The summed E-state index contributed by atoms with van der Waals surface area (Å²) in [5.74, 6) is 0.167. The van der Waals surface area contributed by atoms with Crippen molar-refractivity contribution >= 4 is 5.78 Å². The van der Waals surface area contributed by atoms with Crippen molar-refractivity contribution < 1.29 is 4.79 Å². The molecular weight excluding hydrogens is 1490 g/mol. The van der Waals surface area contributed by atoms with Gasteiger partial charge in [0.05, 0.1) is 0 Å². The first-order chi connectivity index (χ1) is 60.0. The number of unbranched alkanes of at least 4 members (excludes halogenated alkanes) is 60. The maximum Gasteiger partial charge on any atom is 0.126 e. The molecule has 0 aromatic rings. The molecule has 0 fully saturated rings. The SMILES string of the molecule is CC(C)=O.CCCCCC.CCCCCC.CCCCCC.CCCCCC.CCCCCC.CCCCCC.CCCCCC.CCCCCC.CCCCCC.CCCCCC.CCCCCC.CCCCCC.CCCCCC.CCCCCC.CCCCCC.CCCCCC.CCCCCC.CCCCCC.CCCCCC.CCCCCC.